The number of aryl methyl sites for hydroxylation is 1. The van der Waals surface area contributed by atoms with Crippen molar-refractivity contribution in [3.05, 3.63) is 53.6 Å². The quantitative estimate of drug-likeness (QED) is 0.903. The van der Waals surface area contributed by atoms with Gasteiger partial charge in [0.25, 0.3) is 5.91 Å². The van der Waals surface area contributed by atoms with Gasteiger partial charge in [-0.05, 0) is 55.2 Å². The fraction of sp³-hybridized carbons (Fsp3) is 0.300. The van der Waals surface area contributed by atoms with E-state index in [-0.39, 0.29) is 11.8 Å². The third kappa shape index (κ3) is 3.22. The molecule has 2 amide bonds. The second-order valence-corrected chi connectivity index (χ2v) is 6.59. The van der Waals surface area contributed by atoms with Crippen LogP contribution in [0.1, 0.15) is 35.2 Å². The van der Waals surface area contributed by atoms with Gasteiger partial charge in [0.1, 0.15) is 0 Å². The smallest absolute Gasteiger partial charge is 0.255 e. The van der Waals surface area contributed by atoms with E-state index in [4.69, 9.17) is 0 Å². The van der Waals surface area contributed by atoms with Crippen molar-refractivity contribution in [2.75, 3.05) is 28.6 Å². The molecular formula is C20H21N3O2. The number of nitrogens with zero attached hydrogens (tertiary/aromatic N) is 1. The van der Waals surface area contributed by atoms with Gasteiger partial charge in [0.15, 0.2) is 0 Å². The number of fused-ring (bicyclic) bond motifs is 1. The van der Waals surface area contributed by atoms with Crippen LogP contribution in [0.15, 0.2) is 42.5 Å². The number of carbonyl (C=O) groups is 2. The summed E-state index contributed by atoms with van der Waals surface area (Å²) < 4.78 is 0. The first-order chi connectivity index (χ1) is 12.2. The molecule has 128 valence electrons. The lowest BCUT2D eigenvalue weighted by Crippen LogP contribution is -2.22. The van der Waals surface area contributed by atoms with Crippen molar-refractivity contribution in [2.24, 2.45) is 0 Å². The van der Waals surface area contributed by atoms with Crippen molar-refractivity contribution in [2.45, 2.75) is 25.7 Å². The summed E-state index contributed by atoms with van der Waals surface area (Å²) in [5.74, 6) is -0.0874. The second kappa shape index (κ2) is 6.59. The molecule has 4 rings (SSSR count). The third-order valence-corrected chi connectivity index (χ3v) is 4.86. The summed E-state index contributed by atoms with van der Waals surface area (Å²) in [6, 6.07) is 13.4. The summed E-state index contributed by atoms with van der Waals surface area (Å²) in [6.45, 7) is 2.07. The van der Waals surface area contributed by atoms with Crippen LogP contribution in [-0.2, 0) is 11.2 Å². The van der Waals surface area contributed by atoms with Crippen LogP contribution in [0.3, 0.4) is 0 Å². The number of para-hydroxylation sites is 2. The van der Waals surface area contributed by atoms with Crippen molar-refractivity contribution in [3.63, 3.8) is 0 Å². The summed E-state index contributed by atoms with van der Waals surface area (Å²) in [5, 5.41) is 5.90. The standard InChI is InChI=1S/C20H21N3O2/c24-19-10-8-14-13-15(7-9-16(14)21-19)20(25)22-17-5-1-2-6-18(17)23-11-3-4-12-23/h1-2,5-7,9,13H,3-4,8,10-12H2,(H,21,24)(H,22,25). The molecule has 1 fully saturated rings. The first-order valence-electron chi connectivity index (χ1n) is 8.79. The highest BCUT2D eigenvalue weighted by molar-refractivity contribution is 6.06. The van der Waals surface area contributed by atoms with E-state index in [1.54, 1.807) is 6.07 Å². The predicted octanol–water partition coefficient (Wildman–Crippen LogP) is 3.42. The third-order valence-electron chi connectivity index (χ3n) is 4.86. The number of anilines is 3. The summed E-state index contributed by atoms with van der Waals surface area (Å²) in [5.41, 5.74) is 4.37. The normalized spacial score (nSPS) is 16.3. The molecule has 1 saturated heterocycles. The minimum Gasteiger partial charge on any atom is -0.370 e. The topological polar surface area (TPSA) is 61.4 Å². The number of rotatable bonds is 3. The number of hydrogen-bond acceptors (Lipinski definition) is 3. The van der Waals surface area contributed by atoms with Crippen LogP contribution in [0.25, 0.3) is 0 Å². The summed E-state index contributed by atoms with van der Waals surface area (Å²) in [7, 11) is 0. The minimum atomic E-state index is -0.119. The van der Waals surface area contributed by atoms with Gasteiger partial charge in [-0.15, -0.1) is 0 Å². The lowest BCUT2D eigenvalue weighted by molar-refractivity contribution is -0.116. The minimum absolute atomic E-state index is 0.0317. The van der Waals surface area contributed by atoms with Gasteiger partial charge in [0, 0.05) is 30.8 Å². The molecule has 2 aliphatic heterocycles. The van der Waals surface area contributed by atoms with E-state index >= 15 is 0 Å². The molecule has 2 heterocycles. The Morgan fingerprint density at radius 2 is 1.84 bits per heavy atom. The highest BCUT2D eigenvalue weighted by Gasteiger charge is 2.19. The van der Waals surface area contributed by atoms with Crippen LogP contribution < -0.4 is 15.5 Å². The molecule has 0 radical (unpaired) electrons. The van der Waals surface area contributed by atoms with Gasteiger partial charge >= 0.3 is 0 Å². The molecule has 0 saturated carbocycles. The molecule has 0 aromatic heterocycles. The lowest BCUT2D eigenvalue weighted by Gasteiger charge is -2.22. The number of nitrogens with one attached hydrogen (secondary N) is 2. The lowest BCUT2D eigenvalue weighted by atomic mass is 10.00. The Balaban J connectivity index is 1.56. The molecule has 2 aliphatic rings. The fourth-order valence-electron chi connectivity index (χ4n) is 3.53. The average Bonchev–Trinajstić information content (AvgIpc) is 3.16. The number of benzene rings is 2. The van der Waals surface area contributed by atoms with Gasteiger partial charge in [-0.2, -0.15) is 0 Å². The summed E-state index contributed by atoms with van der Waals surface area (Å²) in [4.78, 5) is 26.5. The molecule has 2 aromatic rings. The molecule has 0 aliphatic carbocycles. The largest absolute Gasteiger partial charge is 0.370 e. The molecule has 25 heavy (non-hydrogen) atoms. The Bertz CT molecular complexity index is 825. The number of carbonyl (C=O) groups excluding carboxylic acids is 2. The number of hydrogen-bond donors (Lipinski definition) is 2. The van der Waals surface area contributed by atoms with Gasteiger partial charge in [-0.1, -0.05) is 12.1 Å². The van der Waals surface area contributed by atoms with Crippen molar-refractivity contribution < 1.29 is 9.59 Å². The maximum atomic E-state index is 12.7. The van der Waals surface area contributed by atoms with Gasteiger partial charge in [0.2, 0.25) is 5.91 Å². The van der Waals surface area contributed by atoms with Crippen LogP contribution in [0.4, 0.5) is 17.1 Å². The molecule has 5 heteroatoms. The molecule has 5 nitrogen and oxygen atoms in total. The van der Waals surface area contributed by atoms with Gasteiger partial charge in [-0.25, -0.2) is 0 Å². The molecule has 0 unspecified atom stereocenters. The first kappa shape index (κ1) is 15.7. The Hall–Kier alpha value is -2.82. The zero-order valence-electron chi connectivity index (χ0n) is 14.0. The monoisotopic (exact) mass is 335 g/mol. The van der Waals surface area contributed by atoms with Gasteiger partial charge in [0.05, 0.1) is 11.4 Å². The van der Waals surface area contributed by atoms with E-state index < -0.39 is 0 Å². The predicted molar refractivity (Wildman–Crippen MR) is 99.2 cm³/mol. The summed E-state index contributed by atoms with van der Waals surface area (Å²) in [6.07, 6.45) is 3.53. The fourth-order valence-corrected chi connectivity index (χ4v) is 3.53. The van der Waals surface area contributed by atoms with Gasteiger partial charge in [-0.3, -0.25) is 9.59 Å². The van der Waals surface area contributed by atoms with Crippen LogP contribution in [0.5, 0.6) is 0 Å². The van der Waals surface area contributed by atoms with Crippen molar-refractivity contribution in [1.82, 2.24) is 0 Å². The van der Waals surface area contributed by atoms with E-state index in [9.17, 15) is 9.59 Å². The van der Waals surface area contributed by atoms with E-state index in [2.05, 4.69) is 21.6 Å². The van der Waals surface area contributed by atoms with E-state index in [1.807, 2.05) is 30.3 Å². The number of amides is 2. The maximum Gasteiger partial charge on any atom is 0.255 e. The SMILES string of the molecule is O=C1CCc2cc(C(=O)Nc3ccccc3N3CCCC3)ccc2N1. The van der Waals surface area contributed by atoms with Crippen LogP contribution in [0, 0.1) is 0 Å². The van der Waals surface area contributed by atoms with Crippen LogP contribution in [0.2, 0.25) is 0 Å². The van der Waals surface area contributed by atoms with E-state index in [0.717, 1.165) is 35.7 Å². The highest BCUT2D eigenvalue weighted by atomic mass is 16.2. The Morgan fingerprint density at radius 1 is 1.04 bits per heavy atom. The van der Waals surface area contributed by atoms with E-state index in [0.29, 0.717) is 18.4 Å². The maximum absolute atomic E-state index is 12.7. The first-order valence-corrected chi connectivity index (χ1v) is 8.79. The average molecular weight is 335 g/mol. The van der Waals surface area contributed by atoms with Crippen molar-refractivity contribution in [1.29, 1.82) is 0 Å². The van der Waals surface area contributed by atoms with Crippen LogP contribution >= 0.6 is 0 Å². The molecule has 2 N–H and O–H groups in total. The Morgan fingerprint density at radius 3 is 2.68 bits per heavy atom. The zero-order valence-corrected chi connectivity index (χ0v) is 14.0. The van der Waals surface area contributed by atoms with Crippen molar-refractivity contribution in [3.8, 4) is 0 Å². The van der Waals surface area contributed by atoms with Crippen LogP contribution in [-0.4, -0.2) is 24.9 Å². The Kier molecular flexibility index (Phi) is 4.14. The van der Waals surface area contributed by atoms with Crippen molar-refractivity contribution >= 4 is 28.9 Å². The molecule has 0 atom stereocenters. The summed E-state index contributed by atoms with van der Waals surface area (Å²) >= 11 is 0. The molecule has 2 aromatic carbocycles. The molecular weight excluding hydrogens is 314 g/mol. The molecule has 0 bridgehead atoms. The van der Waals surface area contributed by atoms with E-state index in [1.165, 1.54) is 12.8 Å². The zero-order chi connectivity index (χ0) is 17.2. The van der Waals surface area contributed by atoms with Gasteiger partial charge < -0.3 is 15.5 Å². The Labute approximate surface area is 147 Å². The molecule has 0 spiro atoms. The highest BCUT2D eigenvalue weighted by Crippen LogP contribution is 2.29. The second-order valence-electron chi connectivity index (χ2n) is 6.59.